The molecule has 7 nitrogen and oxygen atoms in total. The van der Waals surface area contributed by atoms with Gasteiger partial charge in [0.15, 0.2) is 0 Å². The third-order valence-electron chi connectivity index (χ3n) is 4.52. The van der Waals surface area contributed by atoms with Gasteiger partial charge in [-0.3, -0.25) is 4.79 Å². The van der Waals surface area contributed by atoms with Crippen LogP contribution in [-0.4, -0.2) is 33.2 Å². The van der Waals surface area contributed by atoms with Crippen LogP contribution in [0.15, 0.2) is 43.6 Å². The predicted octanol–water partition coefficient (Wildman–Crippen LogP) is 4.13. The molecular formula is C21H23F2N5O2. The van der Waals surface area contributed by atoms with Gasteiger partial charge in [-0.15, -0.1) is 0 Å². The number of aromatic nitrogens is 3. The SMILES string of the molecule is C=N/C(CCC(C)(F)F)=N\C=C(/C)c1ccc(=O)n(Cc2nc3c(o2)C=CCC3)n1. The van der Waals surface area contributed by atoms with E-state index >= 15 is 0 Å². The van der Waals surface area contributed by atoms with E-state index in [-0.39, 0.29) is 30.8 Å². The molecule has 0 amide bonds. The fourth-order valence-corrected chi connectivity index (χ4v) is 2.86. The summed E-state index contributed by atoms with van der Waals surface area (Å²) < 4.78 is 33.0. The Kier molecular flexibility index (Phi) is 6.49. The zero-order valence-electron chi connectivity index (χ0n) is 16.9. The number of oxazole rings is 1. The van der Waals surface area contributed by atoms with Crippen LogP contribution in [0.5, 0.6) is 0 Å². The summed E-state index contributed by atoms with van der Waals surface area (Å²) in [5.41, 5.74) is 1.74. The Morgan fingerprint density at radius 1 is 1.43 bits per heavy atom. The van der Waals surface area contributed by atoms with E-state index in [1.165, 1.54) is 16.9 Å². The number of nitrogens with zero attached hydrogens (tertiary/aromatic N) is 5. The van der Waals surface area contributed by atoms with Crippen molar-refractivity contribution in [1.29, 1.82) is 0 Å². The highest BCUT2D eigenvalue weighted by molar-refractivity contribution is 5.87. The van der Waals surface area contributed by atoms with Crippen molar-refractivity contribution in [1.82, 2.24) is 14.8 Å². The molecule has 0 spiro atoms. The summed E-state index contributed by atoms with van der Waals surface area (Å²) in [7, 11) is 0. The van der Waals surface area contributed by atoms with Gasteiger partial charge in [0, 0.05) is 25.1 Å². The summed E-state index contributed by atoms with van der Waals surface area (Å²) in [4.78, 5) is 24.5. The van der Waals surface area contributed by atoms with Crippen molar-refractivity contribution < 1.29 is 13.2 Å². The monoisotopic (exact) mass is 415 g/mol. The van der Waals surface area contributed by atoms with Gasteiger partial charge in [0.1, 0.15) is 18.1 Å². The van der Waals surface area contributed by atoms with E-state index in [0.29, 0.717) is 22.9 Å². The van der Waals surface area contributed by atoms with Crippen LogP contribution >= 0.6 is 0 Å². The van der Waals surface area contributed by atoms with Gasteiger partial charge in [-0.05, 0) is 51.1 Å². The van der Waals surface area contributed by atoms with Crippen LogP contribution in [0, 0.1) is 0 Å². The quantitative estimate of drug-likeness (QED) is 0.503. The van der Waals surface area contributed by atoms with E-state index in [0.717, 1.165) is 25.5 Å². The number of halogens is 2. The molecule has 3 rings (SSSR count). The van der Waals surface area contributed by atoms with Gasteiger partial charge >= 0.3 is 0 Å². The topological polar surface area (TPSA) is 85.6 Å². The predicted molar refractivity (Wildman–Crippen MR) is 112 cm³/mol. The number of alkyl halides is 2. The molecule has 0 aliphatic heterocycles. The highest BCUT2D eigenvalue weighted by Crippen LogP contribution is 2.21. The Hall–Kier alpha value is -3.23. The molecule has 0 radical (unpaired) electrons. The molecule has 1 aliphatic carbocycles. The zero-order valence-corrected chi connectivity index (χ0v) is 16.9. The van der Waals surface area contributed by atoms with E-state index in [2.05, 4.69) is 26.8 Å². The molecule has 9 heteroatoms. The lowest BCUT2D eigenvalue weighted by Gasteiger charge is -2.08. The summed E-state index contributed by atoms with van der Waals surface area (Å²) >= 11 is 0. The summed E-state index contributed by atoms with van der Waals surface area (Å²) in [6.07, 6.45) is 6.74. The van der Waals surface area contributed by atoms with Crippen LogP contribution in [0.4, 0.5) is 8.78 Å². The highest BCUT2D eigenvalue weighted by Gasteiger charge is 2.21. The minimum atomic E-state index is -2.80. The van der Waals surface area contributed by atoms with Gasteiger partial charge in [-0.2, -0.15) is 5.10 Å². The summed E-state index contributed by atoms with van der Waals surface area (Å²) in [6, 6.07) is 2.97. The van der Waals surface area contributed by atoms with E-state index in [1.54, 1.807) is 13.0 Å². The number of aryl methyl sites for hydroxylation is 1. The molecule has 0 aromatic carbocycles. The third kappa shape index (κ3) is 5.65. The first-order valence-corrected chi connectivity index (χ1v) is 9.57. The minimum Gasteiger partial charge on any atom is -0.439 e. The number of aliphatic imine (C=N–C) groups is 2. The molecule has 0 atom stereocenters. The molecule has 158 valence electrons. The van der Waals surface area contributed by atoms with Gasteiger partial charge in [0.05, 0.1) is 11.4 Å². The second-order valence-electron chi connectivity index (χ2n) is 7.16. The number of rotatable bonds is 7. The Labute approximate surface area is 172 Å². The number of amidine groups is 1. The smallest absolute Gasteiger partial charge is 0.267 e. The van der Waals surface area contributed by atoms with Crippen LogP contribution in [-0.2, 0) is 13.0 Å². The second-order valence-corrected chi connectivity index (χ2v) is 7.16. The van der Waals surface area contributed by atoms with E-state index in [1.807, 2.05) is 12.2 Å². The first-order chi connectivity index (χ1) is 14.2. The fraction of sp³-hybridized carbons (Fsp3) is 0.381. The van der Waals surface area contributed by atoms with E-state index in [4.69, 9.17) is 4.42 Å². The minimum absolute atomic E-state index is 0.00693. The molecule has 30 heavy (non-hydrogen) atoms. The Morgan fingerprint density at radius 2 is 2.23 bits per heavy atom. The maximum absolute atomic E-state index is 13.0. The molecule has 0 N–H and O–H groups in total. The van der Waals surface area contributed by atoms with Crippen LogP contribution < -0.4 is 5.56 Å². The van der Waals surface area contributed by atoms with Crippen LogP contribution in [0.1, 0.15) is 56.1 Å². The average Bonchev–Trinajstić information content (AvgIpc) is 3.11. The van der Waals surface area contributed by atoms with Crippen LogP contribution in [0.2, 0.25) is 0 Å². The number of hydrogen-bond acceptors (Lipinski definition) is 5. The first kappa shape index (κ1) is 21.5. The van der Waals surface area contributed by atoms with Crippen LogP contribution in [0.25, 0.3) is 11.6 Å². The normalized spacial score (nSPS) is 14.7. The van der Waals surface area contributed by atoms with Crippen molar-refractivity contribution in [2.45, 2.75) is 52.0 Å². The van der Waals surface area contributed by atoms with Gasteiger partial charge in [0.25, 0.3) is 5.56 Å². The lowest BCUT2D eigenvalue weighted by molar-refractivity contribution is 0.0150. The lowest BCUT2D eigenvalue weighted by atomic mass is 10.1. The standard InChI is InChI=1S/C21H23F2N5O2/c1-14(12-25-18(24-3)10-11-21(2,22)23)15-8-9-20(29)28(27-15)13-19-26-16-6-4-5-7-17(16)30-19/h5,7-9,12H,3-4,6,10-11,13H2,1-2H3/b14-12+,25-18-. The largest absolute Gasteiger partial charge is 0.439 e. The molecule has 0 saturated carbocycles. The average molecular weight is 415 g/mol. The molecule has 0 unspecified atom stereocenters. The lowest BCUT2D eigenvalue weighted by Crippen LogP contribution is -2.23. The molecule has 2 aromatic rings. The summed E-state index contributed by atoms with van der Waals surface area (Å²) in [5, 5.41) is 4.35. The van der Waals surface area contributed by atoms with Crippen molar-refractivity contribution in [3.63, 3.8) is 0 Å². The van der Waals surface area contributed by atoms with Gasteiger partial charge in [-0.1, -0.05) is 6.08 Å². The maximum atomic E-state index is 13.0. The van der Waals surface area contributed by atoms with Crippen molar-refractivity contribution in [3.8, 4) is 0 Å². The molecule has 2 aromatic heterocycles. The first-order valence-electron chi connectivity index (χ1n) is 9.57. The fourth-order valence-electron chi connectivity index (χ4n) is 2.86. The van der Waals surface area contributed by atoms with Gasteiger partial charge in [-0.25, -0.2) is 28.4 Å². The Morgan fingerprint density at radius 3 is 2.93 bits per heavy atom. The number of allylic oxidation sites excluding steroid dienone is 2. The highest BCUT2D eigenvalue weighted by atomic mass is 19.3. The maximum Gasteiger partial charge on any atom is 0.267 e. The number of fused-ring (bicyclic) bond motifs is 1. The Bertz CT molecular complexity index is 1070. The van der Waals surface area contributed by atoms with Crippen molar-refractivity contribution in [2.24, 2.45) is 9.98 Å². The van der Waals surface area contributed by atoms with Gasteiger partial charge in [0.2, 0.25) is 11.8 Å². The molecule has 0 fully saturated rings. The zero-order chi connectivity index (χ0) is 21.7. The van der Waals surface area contributed by atoms with Crippen LogP contribution in [0.3, 0.4) is 0 Å². The molecule has 1 aliphatic rings. The van der Waals surface area contributed by atoms with Crippen molar-refractivity contribution in [2.75, 3.05) is 0 Å². The van der Waals surface area contributed by atoms with Crippen molar-refractivity contribution >= 4 is 24.2 Å². The van der Waals surface area contributed by atoms with E-state index < -0.39 is 5.92 Å². The second kappa shape index (κ2) is 9.06. The Balaban J connectivity index is 1.78. The van der Waals surface area contributed by atoms with Gasteiger partial charge < -0.3 is 4.42 Å². The molecule has 0 bridgehead atoms. The summed E-state index contributed by atoms with van der Waals surface area (Å²) in [6.45, 7) is 6.08. The third-order valence-corrected chi connectivity index (χ3v) is 4.52. The summed E-state index contributed by atoms with van der Waals surface area (Å²) in [5.74, 6) is -1.46. The molecular weight excluding hydrogens is 392 g/mol. The molecule has 2 heterocycles. The van der Waals surface area contributed by atoms with E-state index in [9.17, 15) is 13.6 Å². The molecule has 0 saturated heterocycles. The number of hydrogen-bond donors (Lipinski definition) is 0. The van der Waals surface area contributed by atoms with Crippen molar-refractivity contribution in [3.05, 3.63) is 57.8 Å².